The number of aliphatic hydroxyl groups is 1. The third-order valence-corrected chi connectivity index (χ3v) is 3.48. The Hall–Kier alpha value is -0.900. The standard InChI is InChI=1S/C14H21NO2/c1-17-14-6-8-15(9-7-14)10-12-2-4-13(11-16)5-3-12/h2-5,14,16H,6-11H2,1H3. The van der Waals surface area contributed by atoms with Crippen molar-refractivity contribution in [2.75, 3.05) is 20.2 Å². The molecule has 1 N–H and O–H groups in total. The molecule has 1 aromatic carbocycles. The number of hydrogen-bond donors (Lipinski definition) is 1. The van der Waals surface area contributed by atoms with Crippen LogP contribution in [0.25, 0.3) is 0 Å². The largest absolute Gasteiger partial charge is 0.392 e. The van der Waals surface area contributed by atoms with Crippen LogP contribution < -0.4 is 0 Å². The minimum atomic E-state index is 0.125. The van der Waals surface area contributed by atoms with E-state index >= 15 is 0 Å². The lowest BCUT2D eigenvalue weighted by Crippen LogP contribution is -2.36. The maximum Gasteiger partial charge on any atom is 0.0681 e. The molecule has 0 bridgehead atoms. The highest BCUT2D eigenvalue weighted by Gasteiger charge is 2.18. The second kappa shape index (κ2) is 6.15. The fourth-order valence-corrected chi connectivity index (χ4v) is 2.31. The molecule has 1 aromatic rings. The number of hydrogen-bond acceptors (Lipinski definition) is 3. The third-order valence-electron chi connectivity index (χ3n) is 3.48. The highest BCUT2D eigenvalue weighted by molar-refractivity contribution is 5.21. The van der Waals surface area contributed by atoms with Gasteiger partial charge in [-0.05, 0) is 24.0 Å². The van der Waals surface area contributed by atoms with E-state index in [-0.39, 0.29) is 6.61 Å². The van der Waals surface area contributed by atoms with Crippen LogP contribution >= 0.6 is 0 Å². The summed E-state index contributed by atoms with van der Waals surface area (Å²) in [5.74, 6) is 0. The van der Waals surface area contributed by atoms with Gasteiger partial charge in [-0.1, -0.05) is 24.3 Å². The lowest BCUT2D eigenvalue weighted by molar-refractivity contribution is 0.0388. The summed E-state index contributed by atoms with van der Waals surface area (Å²) in [6.45, 7) is 3.35. The molecule has 1 aliphatic heterocycles. The van der Waals surface area contributed by atoms with E-state index in [4.69, 9.17) is 9.84 Å². The molecule has 1 fully saturated rings. The van der Waals surface area contributed by atoms with Gasteiger partial charge in [-0.25, -0.2) is 0 Å². The van der Waals surface area contributed by atoms with E-state index in [2.05, 4.69) is 17.0 Å². The van der Waals surface area contributed by atoms with E-state index in [1.807, 2.05) is 12.1 Å². The van der Waals surface area contributed by atoms with Gasteiger partial charge in [0.2, 0.25) is 0 Å². The highest BCUT2D eigenvalue weighted by Crippen LogP contribution is 2.16. The normalized spacial score (nSPS) is 18.5. The third kappa shape index (κ3) is 3.53. The Morgan fingerprint density at radius 2 is 1.76 bits per heavy atom. The van der Waals surface area contributed by atoms with E-state index in [0.717, 1.165) is 38.0 Å². The fourth-order valence-electron chi connectivity index (χ4n) is 2.31. The SMILES string of the molecule is COC1CCN(Cc2ccc(CO)cc2)CC1. The lowest BCUT2D eigenvalue weighted by atomic mass is 10.1. The number of likely N-dealkylation sites (tertiary alicyclic amines) is 1. The van der Waals surface area contributed by atoms with Crippen LogP contribution in [0.4, 0.5) is 0 Å². The average molecular weight is 235 g/mol. The summed E-state index contributed by atoms with van der Waals surface area (Å²) in [6.07, 6.45) is 2.71. The van der Waals surface area contributed by atoms with Gasteiger partial charge in [0.1, 0.15) is 0 Å². The van der Waals surface area contributed by atoms with Gasteiger partial charge in [0.05, 0.1) is 12.7 Å². The molecule has 1 heterocycles. The zero-order valence-corrected chi connectivity index (χ0v) is 10.4. The summed E-state index contributed by atoms with van der Waals surface area (Å²) in [4.78, 5) is 2.46. The molecule has 3 heteroatoms. The average Bonchev–Trinajstić information content (AvgIpc) is 2.40. The molecule has 0 saturated carbocycles. The molecule has 94 valence electrons. The van der Waals surface area contributed by atoms with Crippen LogP contribution in [0.1, 0.15) is 24.0 Å². The Morgan fingerprint density at radius 1 is 1.18 bits per heavy atom. The van der Waals surface area contributed by atoms with E-state index in [0.29, 0.717) is 6.10 Å². The summed E-state index contributed by atoms with van der Waals surface area (Å²) < 4.78 is 5.37. The van der Waals surface area contributed by atoms with Crippen molar-refractivity contribution in [2.45, 2.75) is 32.1 Å². The van der Waals surface area contributed by atoms with Gasteiger partial charge < -0.3 is 9.84 Å². The number of piperidine rings is 1. The molecule has 0 radical (unpaired) electrons. The Bertz CT molecular complexity index is 329. The quantitative estimate of drug-likeness (QED) is 0.863. The predicted octanol–water partition coefficient (Wildman–Crippen LogP) is 1.79. The Labute approximate surface area is 103 Å². The van der Waals surface area contributed by atoms with E-state index in [1.165, 1.54) is 5.56 Å². The number of methoxy groups -OCH3 is 1. The maximum absolute atomic E-state index is 8.98. The van der Waals surface area contributed by atoms with Crippen molar-refractivity contribution in [3.63, 3.8) is 0 Å². The van der Waals surface area contributed by atoms with Gasteiger partial charge in [-0.2, -0.15) is 0 Å². The summed E-state index contributed by atoms with van der Waals surface area (Å²) in [7, 11) is 1.80. The van der Waals surface area contributed by atoms with Gasteiger partial charge >= 0.3 is 0 Å². The molecule has 0 atom stereocenters. The van der Waals surface area contributed by atoms with Crippen LogP contribution in [-0.4, -0.2) is 36.3 Å². The minimum absolute atomic E-state index is 0.125. The number of aliphatic hydroxyl groups excluding tert-OH is 1. The zero-order valence-electron chi connectivity index (χ0n) is 10.4. The molecule has 1 aliphatic rings. The van der Waals surface area contributed by atoms with Crippen LogP contribution in [0.2, 0.25) is 0 Å². The number of nitrogens with zero attached hydrogens (tertiary/aromatic N) is 1. The van der Waals surface area contributed by atoms with Crippen molar-refractivity contribution < 1.29 is 9.84 Å². The van der Waals surface area contributed by atoms with Crippen molar-refractivity contribution in [1.82, 2.24) is 4.90 Å². The zero-order chi connectivity index (χ0) is 12.1. The van der Waals surface area contributed by atoms with Crippen LogP contribution in [-0.2, 0) is 17.9 Å². The molecule has 0 amide bonds. The first-order chi connectivity index (χ1) is 8.31. The molecule has 0 aliphatic carbocycles. The summed E-state index contributed by atoms with van der Waals surface area (Å²) in [5.41, 5.74) is 2.30. The lowest BCUT2D eigenvalue weighted by Gasteiger charge is -2.31. The molecule has 3 nitrogen and oxygen atoms in total. The van der Waals surface area contributed by atoms with Crippen molar-refractivity contribution >= 4 is 0 Å². The van der Waals surface area contributed by atoms with Gasteiger partial charge in [0, 0.05) is 26.7 Å². The van der Waals surface area contributed by atoms with Gasteiger partial charge in [0.15, 0.2) is 0 Å². The Balaban J connectivity index is 1.84. The monoisotopic (exact) mass is 235 g/mol. The van der Waals surface area contributed by atoms with Crippen LogP contribution in [0.15, 0.2) is 24.3 Å². The van der Waals surface area contributed by atoms with Gasteiger partial charge in [-0.15, -0.1) is 0 Å². The topological polar surface area (TPSA) is 32.7 Å². The molecular formula is C14H21NO2. The molecule has 0 unspecified atom stereocenters. The van der Waals surface area contributed by atoms with Crippen molar-refractivity contribution in [2.24, 2.45) is 0 Å². The van der Waals surface area contributed by atoms with Crippen LogP contribution in [0.3, 0.4) is 0 Å². The number of rotatable bonds is 4. The van der Waals surface area contributed by atoms with Gasteiger partial charge in [-0.3, -0.25) is 4.90 Å². The highest BCUT2D eigenvalue weighted by atomic mass is 16.5. The summed E-state index contributed by atoms with van der Waals surface area (Å²) in [6, 6.07) is 8.20. The molecule has 0 aromatic heterocycles. The second-order valence-corrected chi connectivity index (χ2v) is 4.69. The van der Waals surface area contributed by atoms with Crippen LogP contribution in [0, 0.1) is 0 Å². The van der Waals surface area contributed by atoms with E-state index in [1.54, 1.807) is 7.11 Å². The summed E-state index contributed by atoms with van der Waals surface area (Å²) in [5, 5.41) is 8.98. The smallest absolute Gasteiger partial charge is 0.0681 e. The van der Waals surface area contributed by atoms with E-state index in [9.17, 15) is 0 Å². The second-order valence-electron chi connectivity index (χ2n) is 4.69. The Morgan fingerprint density at radius 3 is 2.29 bits per heavy atom. The number of ether oxygens (including phenoxy) is 1. The minimum Gasteiger partial charge on any atom is -0.392 e. The molecular weight excluding hydrogens is 214 g/mol. The first kappa shape index (κ1) is 12.6. The first-order valence-electron chi connectivity index (χ1n) is 6.25. The molecule has 17 heavy (non-hydrogen) atoms. The Kier molecular flexibility index (Phi) is 4.54. The first-order valence-corrected chi connectivity index (χ1v) is 6.25. The fraction of sp³-hybridized carbons (Fsp3) is 0.571. The molecule has 0 spiro atoms. The molecule has 1 saturated heterocycles. The summed E-state index contributed by atoms with van der Waals surface area (Å²) >= 11 is 0. The maximum atomic E-state index is 8.98. The predicted molar refractivity (Wildman–Crippen MR) is 67.7 cm³/mol. The van der Waals surface area contributed by atoms with Crippen molar-refractivity contribution in [3.05, 3.63) is 35.4 Å². The van der Waals surface area contributed by atoms with Crippen LogP contribution in [0.5, 0.6) is 0 Å². The van der Waals surface area contributed by atoms with Crippen molar-refractivity contribution in [3.8, 4) is 0 Å². The number of benzene rings is 1. The van der Waals surface area contributed by atoms with Gasteiger partial charge in [0.25, 0.3) is 0 Å². The molecule has 2 rings (SSSR count). The van der Waals surface area contributed by atoms with Crippen molar-refractivity contribution in [1.29, 1.82) is 0 Å². The van der Waals surface area contributed by atoms with E-state index < -0.39 is 0 Å².